The van der Waals surface area contributed by atoms with Crippen LogP contribution in [0.3, 0.4) is 0 Å². The summed E-state index contributed by atoms with van der Waals surface area (Å²) < 4.78 is 0.705. The minimum atomic E-state index is -0.224. The Kier molecular flexibility index (Phi) is 5.02. The van der Waals surface area contributed by atoms with Crippen molar-refractivity contribution >= 4 is 55.1 Å². The molecule has 2 aromatic carbocycles. The lowest BCUT2D eigenvalue weighted by atomic mass is 10.2. The van der Waals surface area contributed by atoms with Crippen molar-refractivity contribution in [2.45, 2.75) is 5.33 Å². The van der Waals surface area contributed by atoms with Gasteiger partial charge in [-0.3, -0.25) is 4.79 Å². The van der Waals surface area contributed by atoms with Crippen LogP contribution in [0.5, 0.6) is 0 Å². The Morgan fingerprint density at radius 2 is 1.84 bits per heavy atom. The number of nitrogens with one attached hydrogen (secondary N) is 1. The summed E-state index contributed by atoms with van der Waals surface area (Å²) in [6, 6.07) is 12.9. The number of hydrogen-bond acceptors (Lipinski definition) is 1. The highest BCUT2D eigenvalue weighted by Gasteiger charge is 2.12. The van der Waals surface area contributed by atoms with Gasteiger partial charge >= 0.3 is 0 Å². The molecule has 0 aliphatic rings. The first kappa shape index (κ1) is 14.6. The average Bonchev–Trinajstić information content (AvgIpc) is 2.42. The molecule has 2 aromatic rings. The standard InChI is InChI=1S/C14H10Br2ClNO/c15-8-9-4-6-10(7-5-9)18-14(19)11-2-1-3-12(16)13(11)17/h1-7H,8H2,(H,18,19). The monoisotopic (exact) mass is 401 g/mol. The van der Waals surface area contributed by atoms with Crippen LogP contribution < -0.4 is 5.32 Å². The zero-order valence-electron chi connectivity index (χ0n) is 9.79. The number of anilines is 1. The molecule has 19 heavy (non-hydrogen) atoms. The zero-order chi connectivity index (χ0) is 13.8. The lowest BCUT2D eigenvalue weighted by Gasteiger charge is -2.08. The smallest absolute Gasteiger partial charge is 0.257 e. The van der Waals surface area contributed by atoms with E-state index in [1.54, 1.807) is 18.2 Å². The predicted molar refractivity (Wildman–Crippen MR) is 86.2 cm³/mol. The third kappa shape index (κ3) is 3.59. The van der Waals surface area contributed by atoms with E-state index in [9.17, 15) is 4.79 Å². The van der Waals surface area contributed by atoms with Crippen molar-refractivity contribution in [2.24, 2.45) is 0 Å². The Balaban J connectivity index is 2.18. The Morgan fingerprint density at radius 3 is 2.47 bits per heavy atom. The number of alkyl halides is 1. The number of benzene rings is 2. The highest BCUT2D eigenvalue weighted by atomic mass is 79.9. The summed E-state index contributed by atoms with van der Waals surface area (Å²) >= 11 is 12.8. The van der Waals surface area contributed by atoms with Crippen LogP contribution >= 0.6 is 43.5 Å². The van der Waals surface area contributed by atoms with Gasteiger partial charge < -0.3 is 5.32 Å². The second kappa shape index (κ2) is 6.55. The first-order valence-electron chi connectivity index (χ1n) is 5.52. The van der Waals surface area contributed by atoms with Crippen molar-refractivity contribution in [1.82, 2.24) is 0 Å². The molecule has 5 heteroatoms. The first-order valence-corrected chi connectivity index (χ1v) is 7.81. The van der Waals surface area contributed by atoms with E-state index < -0.39 is 0 Å². The molecule has 2 rings (SSSR count). The van der Waals surface area contributed by atoms with Gasteiger partial charge in [-0.05, 0) is 45.8 Å². The molecule has 1 amide bonds. The van der Waals surface area contributed by atoms with Gasteiger partial charge in [-0.15, -0.1) is 0 Å². The first-order chi connectivity index (χ1) is 9.11. The Hall–Kier alpha value is -0.840. The minimum Gasteiger partial charge on any atom is -0.322 e. The van der Waals surface area contributed by atoms with Gasteiger partial charge in [0.2, 0.25) is 0 Å². The van der Waals surface area contributed by atoms with Crippen LogP contribution in [0, 0.1) is 0 Å². The normalized spacial score (nSPS) is 10.3. The van der Waals surface area contributed by atoms with E-state index in [1.165, 1.54) is 0 Å². The van der Waals surface area contributed by atoms with Crippen LogP contribution in [0.25, 0.3) is 0 Å². The molecule has 0 fully saturated rings. The number of amides is 1. The van der Waals surface area contributed by atoms with Crippen LogP contribution in [-0.2, 0) is 5.33 Å². The predicted octanol–water partition coefficient (Wildman–Crippen LogP) is 5.25. The maximum atomic E-state index is 12.1. The van der Waals surface area contributed by atoms with E-state index in [2.05, 4.69) is 37.2 Å². The molecule has 0 atom stereocenters. The van der Waals surface area contributed by atoms with Crippen molar-refractivity contribution in [2.75, 3.05) is 5.32 Å². The largest absolute Gasteiger partial charge is 0.322 e. The fourth-order valence-electron chi connectivity index (χ4n) is 1.55. The lowest BCUT2D eigenvalue weighted by Crippen LogP contribution is -2.12. The molecule has 0 saturated carbocycles. The van der Waals surface area contributed by atoms with Gasteiger partial charge in [-0.1, -0.05) is 45.7 Å². The maximum absolute atomic E-state index is 12.1. The van der Waals surface area contributed by atoms with Gasteiger partial charge in [0.1, 0.15) is 0 Å². The third-order valence-electron chi connectivity index (χ3n) is 2.56. The molecule has 0 bridgehead atoms. The van der Waals surface area contributed by atoms with Crippen LogP contribution in [0.2, 0.25) is 5.02 Å². The van der Waals surface area contributed by atoms with Crippen molar-refractivity contribution in [3.05, 3.63) is 63.1 Å². The molecule has 0 aliphatic heterocycles. The quantitative estimate of drug-likeness (QED) is 0.697. The molecule has 0 spiro atoms. The number of carbonyl (C=O) groups excluding carboxylic acids is 1. The van der Waals surface area contributed by atoms with E-state index in [0.29, 0.717) is 15.1 Å². The fourth-order valence-corrected chi connectivity index (χ4v) is 2.51. The second-order valence-corrected chi connectivity index (χ2v) is 5.68. The molecule has 0 saturated heterocycles. The highest BCUT2D eigenvalue weighted by Crippen LogP contribution is 2.26. The summed E-state index contributed by atoms with van der Waals surface area (Å²) in [7, 11) is 0. The molecule has 98 valence electrons. The van der Waals surface area contributed by atoms with Gasteiger partial charge in [-0.25, -0.2) is 0 Å². The van der Waals surface area contributed by atoms with E-state index in [0.717, 1.165) is 16.6 Å². The van der Waals surface area contributed by atoms with E-state index >= 15 is 0 Å². The van der Waals surface area contributed by atoms with Crippen LogP contribution in [0.1, 0.15) is 15.9 Å². The van der Waals surface area contributed by atoms with Crippen LogP contribution in [0.15, 0.2) is 46.9 Å². The van der Waals surface area contributed by atoms with Gasteiger partial charge in [0.05, 0.1) is 10.6 Å². The summed E-state index contributed by atoms with van der Waals surface area (Å²) in [5.41, 5.74) is 2.34. The summed E-state index contributed by atoms with van der Waals surface area (Å²) in [5, 5.41) is 4.02. The molecule has 0 aliphatic carbocycles. The third-order valence-corrected chi connectivity index (χ3v) is 4.51. The number of hydrogen-bond donors (Lipinski definition) is 1. The molecule has 0 radical (unpaired) electrons. The topological polar surface area (TPSA) is 29.1 Å². The fraction of sp³-hybridized carbons (Fsp3) is 0.0714. The SMILES string of the molecule is O=C(Nc1ccc(CBr)cc1)c1cccc(Br)c1Cl. The summed E-state index contributed by atoms with van der Waals surface area (Å²) in [4.78, 5) is 12.1. The van der Waals surface area contributed by atoms with Crippen LogP contribution in [0.4, 0.5) is 5.69 Å². The summed E-state index contributed by atoms with van der Waals surface area (Å²) in [6.07, 6.45) is 0. The Morgan fingerprint density at radius 1 is 1.16 bits per heavy atom. The molecule has 0 heterocycles. The molecule has 0 unspecified atom stereocenters. The van der Waals surface area contributed by atoms with Gasteiger partial charge in [0, 0.05) is 15.5 Å². The number of halogens is 3. The molecular weight excluding hydrogens is 393 g/mol. The average molecular weight is 404 g/mol. The Labute approximate surface area is 133 Å². The number of rotatable bonds is 3. The maximum Gasteiger partial charge on any atom is 0.257 e. The van der Waals surface area contributed by atoms with E-state index in [4.69, 9.17) is 11.6 Å². The zero-order valence-corrected chi connectivity index (χ0v) is 13.7. The summed E-state index contributed by atoms with van der Waals surface area (Å²) in [6.45, 7) is 0. The van der Waals surface area contributed by atoms with Gasteiger partial charge in [0.25, 0.3) is 5.91 Å². The molecule has 1 N–H and O–H groups in total. The Bertz CT molecular complexity index is 599. The van der Waals surface area contributed by atoms with Crippen molar-refractivity contribution in [3.63, 3.8) is 0 Å². The van der Waals surface area contributed by atoms with Crippen molar-refractivity contribution in [3.8, 4) is 0 Å². The highest BCUT2D eigenvalue weighted by molar-refractivity contribution is 9.10. The molecule has 0 aromatic heterocycles. The molecule has 2 nitrogen and oxygen atoms in total. The van der Waals surface area contributed by atoms with E-state index in [-0.39, 0.29) is 5.91 Å². The van der Waals surface area contributed by atoms with Gasteiger partial charge in [0.15, 0.2) is 0 Å². The number of carbonyl (C=O) groups is 1. The van der Waals surface area contributed by atoms with E-state index in [1.807, 2.05) is 24.3 Å². The molecular formula is C14H10Br2ClNO. The minimum absolute atomic E-state index is 0.224. The van der Waals surface area contributed by atoms with Crippen LogP contribution in [-0.4, -0.2) is 5.91 Å². The lowest BCUT2D eigenvalue weighted by molar-refractivity contribution is 0.102. The summed E-state index contributed by atoms with van der Waals surface area (Å²) in [5.74, 6) is -0.224. The van der Waals surface area contributed by atoms with Crippen molar-refractivity contribution < 1.29 is 4.79 Å². The second-order valence-electron chi connectivity index (χ2n) is 3.89. The van der Waals surface area contributed by atoms with Crippen molar-refractivity contribution in [1.29, 1.82) is 0 Å². The van der Waals surface area contributed by atoms with Gasteiger partial charge in [-0.2, -0.15) is 0 Å².